The molecule has 1 aromatic rings. The molecule has 0 aliphatic heterocycles. The topological polar surface area (TPSA) is 82.0 Å². The molecule has 1 rings (SSSR count). The molecule has 0 amide bonds. The number of aromatic nitrogens is 1. The van der Waals surface area contributed by atoms with E-state index in [-0.39, 0.29) is 11.7 Å². The highest BCUT2D eigenvalue weighted by atomic mass is 16.1. The van der Waals surface area contributed by atoms with Gasteiger partial charge in [-0.1, -0.05) is 6.92 Å². The van der Waals surface area contributed by atoms with Crippen LogP contribution in [0.15, 0.2) is 18.5 Å². The van der Waals surface area contributed by atoms with Crippen molar-refractivity contribution in [2.75, 3.05) is 12.3 Å². The van der Waals surface area contributed by atoms with Crippen LogP contribution in [0.5, 0.6) is 0 Å². The number of hydrogen-bond donors (Lipinski definition) is 2. The van der Waals surface area contributed by atoms with E-state index in [1.54, 1.807) is 19.2 Å². The van der Waals surface area contributed by atoms with E-state index < -0.39 is 0 Å². The monoisotopic (exact) mass is 179 g/mol. The van der Waals surface area contributed by atoms with Gasteiger partial charge < -0.3 is 11.5 Å². The number of carbonyl (C=O) groups excluding carboxylic acids is 1. The Hall–Kier alpha value is -1.42. The maximum Gasteiger partial charge on any atom is 0.170 e. The van der Waals surface area contributed by atoms with Crippen molar-refractivity contribution >= 4 is 11.5 Å². The van der Waals surface area contributed by atoms with Crippen molar-refractivity contribution in [2.24, 2.45) is 11.7 Å². The second kappa shape index (κ2) is 4.00. The molecule has 0 aromatic carbocycles. The third-order valence-electron chi connectivity index (χ3n) is 1.92. The number of rotatable bonds is 3. The van der Waals surface area contributed by atoms with Crippen molar-refractivity contribution in [3.05, 3.63) is 24.0 Å². The second-order valence-corrected chi connectivity index (χ2v) is 2.96. The predicted molar refractivity (Wildman–Crippen MR) is 51.2 cm³/mol. The lowest BCUT2D eigenvalue weighted by Gasteiger charge is -2.08. The number of pyridine rings is 1. The lowest BCUT2D eigenvalue weighted by Crippen LogP contribution is -2.21. The number of nitrogens with zero attached hydrogens (tertiary/aromatic N) is 1. The molecule has 0 spiro atoms. The Morgan fingerprint density at radius 2 is 2.38 bits per heavy atom. The fraction of sp³-hybridized carbons (Fsp3) is 0.333. The molecule has 1 aromatic heterocycles. The van der Waals surface area contributed by atoms with Crippen molar-refractivity contribution in [2.45, 2.75) is 6.92 Å². The van der Waals surface area contributed by atoms with E-state index in [2.05, 4.69) is 4.98 Å². The Bertz CT molecular complexity index is 311. The summed E-state index contributed by atoms with van der Waals surface area (Å²) in [5.41, 5.74) is 11.9. The van der Waals surface area contributed by atoms with E-state index in [1.165, 1.54) is 6.20 Å². The average molecular weight is 179 g/mol. The Labute approximate surface area is 77.0 Å². The van der Waals surface area contributed by atoms with Gasteiger partial charge in [-0.2, -0.15) is 0 Å². The van der Waals surface area contributed by atoms with Crippen LogP contribution in [0, 0.1) is 5.92 Å². The van der Waals surface area contributed by atoms with Crippen molar-refractivity contribution in [3.63, 3.8) is 0 Å². The second-order valence-electron chi connectivity index (χ2n) is 2.96. The molecule has 4 nitrogen and oxygen atoms in total. The molecular weight excluding hydrogens is 166 g/mol. The predicted octanol–water partition coefficient (Wildman–Crippen LogP) is 0.441. The van der Waals surface area contributed by atoms with E-state index in [1.807, 2.05) is 0 Å². The van der Waals surface area contributed by atoms with Crippen LogP contribution in [0.25, 0.3) is 0 Å². The number of hydrogen-bond acceptors (Lipinski definition) is 4. The molecule has 0 fully saturated rings. The standard InChI is InChI=1S/C9H13N3O/c1-6(4-10)9(13)7-5-12-3-2-8(7)11/h2-3,5-6H,4,10H2,1H3,(H2,11,12). The molecule has 70 valence electrons. The van der Waals surface area contributed by atoms with E-state index in [9.17, 15) is 4.79 Å². The number of Topliss-reactive ketones (excluding diaryl/α,β-unsaturated/α-hetero) is 1. The highest BCUT2D eigenvalue weighted by molar-refractivity contribution is 6.01. The van der Waals surface area contributed by atoms with Crippen LogP contribution in [-0.4, -0.2) is 17.3 Å². The summed E-state index contributed by atoms with van der Waals surface area (Å²) in [4.78, 5) is 15.4. The van der Waals surface area contributed by atoms with Crippen LogP contribution in [-0.2, 0) is 0 Å². The van der Waals surface area contributed by atoms with E-state index in [4.69, 9.17) is 11.5 Å². The summed E-state index contributed by atoms with van der Waals surface area (Å²) in [6.45, 7) is 2.10. The Kier molecular flexibility index (Phi) is 2.97. The molecule has 13 heavy (non-hydrogen) atoms. The van der Waals surface area contributed by atoms with Gasteiger partial charge in [0.2, 0.25) is 0 Å². The largest absolute Gasteiger partial charge is 0.398 e. The van der Waals surface area contributed by atoms with E-state index in [0.717, 1.165) is 0 Å². The smallest absolute Gasteiger partial charge is 0.170 e. The minimum Gasteiger partial charge on any atom is -0.398 e. The summed E-state index contributed by atoms with van der Waals surface area (Å²) in [5, 5.41) is 0. The van der Waals surface area contributed by atoms with Gasteiger partial charge >= 0.3 is 0 Å². The van der Waals surface area contributed by atoms with Gasteiger partial charge in [0, 0.05) is 30.5 Å². The number of carbonyl (C=O) groups is 1. The maximum atomic E-state index is 11.6. The van der Waals surface area contributed by atoms with Gasteiger partial charge in [0.25, 0.3) is 0 Å². The van der Waals surface area contributed by atoms with Gasteiger partial charge in [-0.3, -0.25) is 9.78 Å². The fourth-order valence-electron chi connectivity index (χ4n) is 0.984. The number of nitrogens with two attached hydrogens (primary N) is 2. The lowest BCUT2D eigenvalue weighted by atomic mass is 10.00. The van der Waals surface area contributed by atoms with E-state index in [0.29, 0.717) is 17.8 Å². The molecule has 0 aliphatic carbocycles. The summed E-state index contributed by atoms with van der Waals surface area (Å²) in [7, 11) is 0. The SMILES string of the molecule is CC(CN)C(=O)c1cnccc1N. The van der Waals surface area contributed by atoms with Crippen molar-refractivity contribution in [3.8, 4) is 0 Å². The first-order valence-corrected chi connectivity index (χ1v) is 4.10. The van der Waals surface area contributed by atoms with Crippen LogP contribution in [0.1, 0.15) is 17.3 Å². The zero-order valence-electron chi connectivity index (χ0n) is 7.53. The third-order valence-corrected chi connectivity index (χ3v) is 1.92. The normalized spacial score (nSPS) is 12.5. The van der Waals surface area contributed by atoms with Crippen LogP contribution >= 0.6 is 0 Å². The third kappa shape index (κ3) is 2.03. The summed E-state index contributed by atoms with van der Waals surface area (Å²) in [6, 6.07) is 1.61. The lowest BCUT2D eigenvalue weighted by molar-refractivity contribution is 0.0935. The highest BCUT2D eigenvalue weighted by Crippen LogP contribution is 2.13. The first-order valence-electron chi connectivity index (χ1n) is 4.10. The Morgan fingerprint density at radius 3 is 2.92 bits per heavy atom. The molecule has 0 saturated carbocycles. The number of anilines is 1. The highest BCUT2D eigenvalue weighted by Gasteiger charge is 2.15. The molecule has 1 atom stereocenters. The van der Waals surface area contributed by atoms with E-state index >= 15 is 0 Å². The summed E-state index contributed by atoms with van der Waals surface area (Å²) in [6.07, 6.45) is 3.03. The molecule has 1 unspecified atom stereocenters. The van der Waals surface area contributed by atoms with Crippen LogP contribution in [0.3, 0.4) is 0 Å². The van der Waals surface area contributed by atoms with Gasteiger partial charge in [-0.15, -0.1) is 0 Å². The quantitative estimate of drug-likeness (QED) is 0.660. The Balaban J connectivity index is 2.95. The molecule has 4 N–H and O–H groups in total. The zero-order chi connectivity index (χ0) is 9.84. The molecule has 1 heterocycles. The zero-order valence-corrected chi connectivity index (χ0v) is 7.53. The van der Waals surface area contributed by atoms with Gasteiger partial charge in [0.15, 0.2) is 5.78 Å². The minimum absolute atomic E-state index is 0.0481. The maximum absolute atomic E-state index is 11.6. The van der Waals surface area contributed by atoms with Gasteiger partial charge in [-0.25, -0.2) is 0 Å². The first kappa shape index (κ1) is 9.67. The van der Waals surface area contributed by atoms with Crippen LogP contribution < -0.4 is 11.5 Å². The molecule has 0 radical (unpaired) electrons. The van der Waals surface area contributed by atoms with Gasteiger partial charge in [-0.05, 0) is 6.07 Å². The molecular formula is C9H13N3O. The fourth-order valence-corrected chi connectivity index (χ4v) is 0.984. The minimum atomic E-state index is -0.202. The number of nitrogen functional groups attached to an aromatic ring is 1. The number of ketones is 1. The van der Waals surface area contributed by atoms with Crippen LogP contribution in [0.4, 0.5) is 5.69 Å². The van der Waals surface area contributed by atoms with Crippen molar-refractivity contribution in [1.29, 1.82) is 0 Å². The van der Waals surface area contributed by atoms with Gasteiger partial charge in [0.05, 0.1) is 5.56 Å². The molecule has 0 saturated heterocycles. The molecule has 4 heteroatoms. The summed E-state index contributed by atoms with van der Waals surface area (Å²) in [5.74, 6) is -0.250. The van der Waals surface area contributed by atoms with Crippen LogP contribution in [0.2, 0.25) is 0 Å². The Morgan fingerprint density at radius 1 is 1.69 bits per heavy atom. The van der Waals surface area contributed by atoms with Gasteiger partial charge in [0.1, 0.15) is 0 Å². The molecule has 0 bridgehead atoms. The van der Waals surface area contributed by atoms with Crippen molar-refractivity contribution < 1.29 is 4.79 Å². The summed E-state index contributed by atoms with van der Waals surface area (Å²) < 4.78 is 0. The van der Waals surface area contributed by atoms with Crippen molar-refractivity contribution in [1.82, 2.24) is 4.98 Å². The molecule has 0 aliphatic rings. The summed E-state index contributed by atoms with van der Waals surface area (Å²) >= 11 is 0. The first-order chi connectivity index (χ1) is 6.16. The average Bonchev–Trinajstić information content (AvgIpc) is 2.16.